The Morgan fingerprint density at radius 2 is 2.14 bits per heavy atom. The van der Waals surface area contributed by atoms with Crippen molar-refractivity contribution in [1.82, 2.24) is 4.98 Å². The highest BCUT2D eigenvalue weighted by Gasteiger charge is 2.18. The summed E-state index contributed by atoms with van der Waals surface area (Å²) in [6, 6.07) is 5.32. The zero-order valence-corrected chi connectivity index (χ0v) is 12.9. The molecule has 0 spiro atoms. The molecule has 0 amide bonds. The number of nitrogens with zero attached hydrogens (tertiary/aromatic N) is 1. The number of pyridine rings is 1. The van der Waals surface area contributed by atoms with Gasteiger partial charge in [0.2, 0.25) is 0 Å². The van der Waals surface area contributed by atoms with Crippen LogP contribution in [0.3, 0.4) is 0 Å². The highest BCUT2D eigenvalue weighted by Crippen LogP contribution is 2.36. The fraction of sp³-hybridized carbons (Fsp3) is 0.214. The molecule has 21 heavy (non-hydrogen) atoms. The number of hydrogen-bond donors (Lipinski definition) is 0. The number of hydrogen-bond acceptors (Lipinski definition) is 4. The summed E-state index contributed by atoms with van der Waals surface area (Å²) in [5, 5.41) is -0.127. The van der Waals surface area contributed by atoms with Gasteiger partial charge >= 0.3 is 0 Å². The van der Waals surface area contributed by atoms with Gasteiger partial charge in [-0.3, -0.25) is 4.98 Å². The molecule has 1 aromatic heterocycles. The molecular weight excluding hydrogens is 317 g/mol. The van der Waals surface area contributed by atoms with Gasteiger partial charge in [0.15, 0.2) is 15.7 Å². The van der Waals surface area contributed by atoms with Crippen LogP contribution in [0.1, 0.15) is 6.92 Å². The Labute approximate surface area is 127 Å². The summed E-state index contributed by atoms with van der Waals surface area (Å²) in [7, 11) is -3.45. The number of aromatic nitrogens is 1. The highest BCUT2D eigenvalue weighted by molar-refractivity contribution is 7.90. The van der Waals surface area contributed by atoms with E-state index in [4.69, 9.17) is 16.3 Å². The Morgan fingerprint density at radius 3 is 2.76 bits per heavy atom. The summed E-state index contributed by atoms with van der Waals surface area (Å²) in [6.07, 6.45) is 3.60. The first-order valence-corrected chi connectivity index (χ1v) is 8.29. The van der Waals surface area contributed by atoms with Crippen LogP contribution < -0.4 is 4.74 Å². The van der Waals surface area contributed by atoms with E-state index in [2.05, 4.69) is 11.1 Å². The molecule has 1 aromatic carbocycles. The van der Waals surface area contributed by atoms with Gasteiger partial charge in [-0.1, -0.05) is 11.6 Å². The van der Waals surface area contributed by atoms with Gasteiger partial charge in [0.25, 0.3) is 0 Å². The molecule has 1 radical (unpaired) electrons. The van der Waals surface area contributed by atoms with Crippen molar-refractivity contribution in [2.75, 3.05) is 12.9 Å². The zero-order chi connectivity index (χ0) is 15.6. The lowest BCUT2D eigenvalue weighted by Gasteiger charge is -2.12. The topological polar surface area (TPSA) is 56.3 Å². The molecule has 0 aliphatic rings. The lowest BCUT2D eigenvalue weighted by molar-refractivity contribution is 0.339. The third-order valence-corrected chi connectivity index (χ3v) is 4.06. The molecule has 0 bridgehead atoms. The van der Waals surface area contributed by atoms with Crippen LogP contribution >= 0.6 is 11.6 Å². The van der Waals surface area contributed by atoms with E-state index in [1.165, 1.54) is 24.5 Å². The maximum Gasteiger partial charge on any atom is 0.177 e. The van der Waals surface area contributed by atoms with E-state index in [-0.39, 0.29) is 26.8 Å². The molecule has 0 aliphatic heterocycles. The van der Waals surface area contributed by atoms with Gasteiger partial charge in [-0.25, -0.2) is 12.8 Å². The molecule has 4 nitrogen and oxygen atoms in total. The molecule has 2 aromatic rings. The molecule has 1 heterocycles. The second kappa shape index (κ2) is 5.99. The van der Waals surface area contributed by atoms with Crippen LogP contribution in [0.2, 0.25) is 5.02 Å². The number of sulfone groups is 1. The van der Waals surface area contributed by atoms with Crippen molar-refractivity contribution >= 4 is 21.4 Å². The van der Waals surface area contributed by atoms with Crippen LogP contribution in [0, 0.1) is 11.9 Å². The van der Waals surface area contributed by atoms with E-state index in [0.717, 1.165) is 6.26 Å². The maximum absolute atomic E-state index is 14.3. The Hall–Kier alpha value is -1.66. The van der Waals surface area contributed by atoms with Gasteiger partial charge in [0, 0.05) is 30.3 Å². The average molecular weight is 329 g/mol. The number of benzene rings is 1. The van der Waals surface area contributed by atoms with E-state index in [0.29, 0.717) is 6.61 Å². The Balaban J connectivity index is 2.69. The Kier molecular flexibility index (Phi) is 4.49. The molecule has 0 fully saturated rings. The SMILES string of the molecule is CCOc1[c]cc(Cl)c(F)c1-c1cncc(S(C)(=O)=O)c1. The lowest BCUT2D eigenvalue weighted by Crippen LogP contribution is -2.01. The molecule has 0 unspecified atom stereocenters. The Morgan fingerprint density at radius 1 is 1.43 bits per heavy atom. The summed E-state index contributed by atoms with van der Waals surface area (Å²) in [6.45, 7) is 2.05. The molecule has 111 valence electrons. The van der Waals surface area contributed by atoms with E-state index < -0.39 is 15.7 Å². The quantitative estimate of drug-likeness (QED) is 0.865. The predicted octanol–water partition coefficient (Wildman–Crippen LogP) is 3.14. The first kappa shape index (κ1) is 15.7. The van der Waals surface area contributed by atoms with E-state index in [1.54, 1.807) is 6.92 Å². The van der Waals surface area contributed by atoms with Crippen molar-refractivity contribution in [3.63, 3.8) is 0 Å². The van der Waals surface area contributed by atoms with Gasteiger partial charge in [0.1, 0.15) is 5.75 Å². The maximum atomic E-state index is 14.3. The fourth-order valence-corrected chi connectivity index (χ4v) is 2.50. The molecule has 7 heteroatoms. The second-order valence-corrected chi connectivity index (χ2v) is 6.69. The minimum atomic E-state index is -3.45. The highest BCUT2D eigenvalue weighted by atomic mass is 35.5. The van der Waals surface area contributed by atoms with Crippen molar-refractivity contribution < 1.29 is 17.5 Å². The summed E-state index contributed by atoms with van der Waals surface area (Å²) in [4.78, 5) is 3.83. The van der Waals surface area contributed by atoms with E-state index >= 15 is 0 Å². The summed E-state index contributed by atoms with van der Waals surface area (Å²) in [5.74, 6) is -0.543. The monoisotopic (exact) mass is 328 g/mol. The number of ether oxygens (including phenoxy) is 1. The molecule has 0 aliphatic carbocycles. The third kappa shape index (κ3) is 3.33. The van der Waals surface area contributed by atoms with Crippen molar-refractivity contribution in [1.29, 1.82) is 0 Å². The van der Waals surface area contributed by atoms with Crippen LogP contribution in [0.15, 0.2) is 29.4 Å². The molecule has 2 rings (SSSR count). The van der Waals surface area contributed by atoms with Gasteiger partial charge < -0.3 is 4.74 Å². The minimum Gasteiger partial charge on any atom is -0.492 e. The molecule has 0 saturated heterocycles. The van der Waals surface area contributed by atoms with Crippen LogP contribution in [-0.4, -0.2) is 26.3 Å². The van der Waals surface area contributed by atoms with Crippen molar-refractivity contribution in [2.45, 2.75) is 11.8 Å². The summed E-state index contributed by atoms with van der Waals surface area (Å²) < 4.78 is 42.8. The van der Waals surface area contributed by atoms with Crippen LogP contribution in [0.25, 0.3) is 11.1 Å². The van der Waals surface area contributed by atoms with Crippen LogP contribution in [0.5, 0.6) is 5.75 Å². The molecule has 0 N–H and O–H groups in total. The molecule has 0 atom stereocenters. The predicted molar refractivity (Wildman–Crippen MR) is 77.8 cm³/mol. The first-order valence-electron chi connectivity index (χ1n) is 6.02. The first-order chi connectivity index (χ1) is 9.84. The van der Waals surface area contributed by atoms with Gasteiger partial charge in [-0.05, 0) is 19.1 Å². The second-order valence-electron chi connectivity index (χ2n) is 4.27. The van der Waals surface area contributed by atoms with E-state index in [1.807, 2.05) is 0 Å². The molecule has 0 saturated carbocycles. The standard InChI is InChI=1S/C14H12ClFNO3S/c1-3-20-12-5-4-11(15)14(16)13(12)9-6-10(8-17-7-9)21(2,18)19/h4,6-8H,3H2,1-2H3. The summed E-state index contributed by atoms with van der Waals surface area (Å²) >= 11 is 5.77. The van der Waals surface area contributed by atoms with E-state index in [9.17, 15) is 12.8 Å². The Bertz CT molecular complexity index is 778. The smallest absolute Gasteiger partial charge is 0.177 e. The minimum absolute atomic E-state index is 0.0122. The van der Waals surface area contributed by atoms with Gasteiger partial charge in [-0.15, -0.1) is 0 Å². The van der Waals surface area contributed by atoms with Crippen molar-refractivity contribution in [3.05, 3.63) is 41.4 Å². The number of halogens is 2. The van der Waals surface area contributed by atoms with Gasteiger partial charge in [-0.2, -0.15) is 0 Å². The normalized spacial score (nSPS) is 11.4. The third-order valence-electron chi connectivity index (χ3n) is 2.70. The van der Waals surface area contributed by atoms with Crippen molar-refractivity contribution in [2.24, 2.45) is 0 Å². The summed E-state index contributed by atoms with van der Waals surface area (Å²) in [5.41, 5.74) is 0.306. The largest absolute Gasteiger partial charge is 0.492 e. The van der Waals surface area contributed by atoms with Crippen LogP contribution in [0.4, 0.5) is 4.39 Å². The fourth-order valence-electron chi connectivity index (χ4n) is 1.76. The van der Waals surface area contributed by atoms with Gasteiger partial charge in [0.05, 0.1) is 22.1 Å². The molecular formula is C14H12ClFNO3S. The zero-order valence-electron chi connectivity index (χ0n) is 11.4. The average Bonchev–Trinajstić information content (AvgIpc) is 2.43. The van der Waals surface area contributed by atoms with Crippen molar-refractivity contribution in [3.8, 4) is 16.9 Å². The lowest BCUT2D eigenvalue weighted by atomic mass is 10.1. The number of rotatable bonds is 4. The van der Waals surface area contributed by atoms with Crippen LogP contribution in [-0.2, 0) is 9.84 Å².